The Morgan fingerprint density at radius 2 is 1.95 bits per heavy atom. The van der Waals surface area contributed by atoms with E-state index in [0.29, 0.717) is 12.1 Å². The standard InChI is InChI=1S/C16H26N2O/c1-3-5-6-7-11-16(19)18(12-4-2)15-10-8-9-14(17)13-15/h8-10,13H,3-7,11-12,17H2,1-2H3. The highest BCUT2D eigenvalue weighted by Gasteiger charge is 2.14. The summed E-state index contributed by atoms with van der Waals surface area (Å²) in [5.74, 6) is 0.212. The summed E-state index contributed by atoms with van der Waals surface area (Å²) in [6.07, 6.45) is 6.11. The first-order valence-electron chi connectivity index (χ1n) is 7.35. The number of hydrogen-bond donors (Lipinski definition) is 1. The quantitative estimate of drug-likeness (QED) is 0.569. The molecule has 0 aliphatic rings. The Morgan fingerprint density at radius 1 is 1.16 bits per heavy atom. The molecule has 0 atom stereocenters. The van der Waals surface area contributed by atoms with E-state index in [1.165, 1.54) is 12.8 Å². The number of amides is 1. The molecule has 0 aliphatic carbocycles. The van der Waals surface area contributed by atoms with Gasteiger partial charge in [-0.3, -0.25) is 4.79 Å². The van der Waals surface area contributed by atoms with Gasteiger partial charge >= 0.3 is 0 Å². The normalized spacial score (nSPS) is 10.4. The molecule has 1 amide bonds. The van der Waals surface area contributed by atoms with Crippen molar-refractivity contribution in [1.29, 1.82) is 0 Å². The topological polar surface area (TPSA) is 46.3 Å². The van der Waals surface area contributed by atoms with Gasteiger partial charge in [0.15, 0.2) is 0 Å². The first kappa shape index (κ1) is 15.5. The molecule has 0 saturated carbocycles. The van der Waals surface area contributed by atoms with Crippen LogP contribution in [-0.4, -0.2) is 12.5 Å². The average Bonchev–Trinajstić information content (AvgIpc) is 2.40. The molecule has 0 fully saturated rings. The van der Waals surface area contributed by atoms with Crippen molar-refractivity contribution in [1.82, 2.24) is 0 Å². The number of unbranched alkanes of at least 4 members (excludes halogenated alkanes) is 3. The lowest BCUT2D eigenvalue weighted by Gasteiger charge is -2.22. The second-order valence-corrected chi connectivity index (χ2v) is 4.95. The second kappa shape index (κ2) is 8.57. The fourth-order valence-electron chi connectivity index (χ4n) is 2.15. The van der Waals surface area contributed by atoms with Crippen LogP contribution in [0.1, 0.15) is 52.4 Å². The molecule has 0 saturated heterocycles. The SMILES string of the molecule is CCCCCCC(=O)N(CCC)c1cccc(N)c1. The van der Waals surface area contributed by atoms with Crippen LogP contribution in [-0.2, 0) is 4.79 Å². The Bertz CT molecular complexity index is 390. The van der Waals surface area contributed by atoms with Crippen molar-refractivity contribution in [2.24, 2.45) is 0 Å². The van der Waals surface area contributed by atoms with Crippen molar-refractivity contribution in [2.45, 2.75) is 52.4 Å². The lowest BCUT2D eigenvalue weighted by Crippen LogP contribution is -2.31. The van der Waals surface area contributed by atoms with Crippen LogP contribution < -0.4 is 10.6 Å². The van der Waals surface area contributed by atoms with E-state index in [0.717, 1.165) is 31.5 Å². The number of nitrogen functional groups attached to an aromatic ring is 1. The lowest BCUT2D eigenvalue weighted by atomic mass is 10.1. The Morgan fingerprint density at radius 3 is 2.58 bits per heavy atom. The Labute approximate surface area is 116 Å². The highest BCUT2D eigenvalue weighted by molar-refractivity contribution is 5.93. The summed E-state index contributed by atoms with van der Waals surface area (Å²) in [5.41, 5.74) is 7.42. The van der Waals surface area contributed by atoms with Gasteiger partial charge in [0.2, 0.25) is 5.91 Å². The lowest BCUT2D eigenvalue weighted by molar-refractivity contribution is -0.118. The van der Waals surface area contributed by atoms with Crippen molar-refractivity contribution in [3.63, 3.8) is 0 Å². The molecule has 106 valence electrons. The number of carbonyl (C=O) groups is 1. The maximum Gasteiger partial charge on any atom is 0.226 e. The number of nitrogens with two attached hydrogens (primary N) is 1. The van der Waals surface area contributed by atoms with E-state index in [-0.39, 0.29) is 5.91 Å². The minimum absolute atomic E-state index is 0.212. The maximum atomic E-state index is 12.3. The fourth-order valence-corrected chi connectivity index (χ4v) is 2.15. The molecule has 3 heteroatoms. The van der Waals surface area contributed by atoms with E-state index in [4.69, 9.17) is 5.73 Å². The molecule has 0 aliphatic heterocycles. The number of benzene rings is 1. The molecule has 0 radical (unpaired) electrons. The van der Waals surface area contributed by atoms with Gasteiger partial charge in [-0.15, -0.1) is 0 Å². The molecule has 1 aromatic carbocycles. The highest BCUT2D eigenvalue weighted by atomic mass is 16.2. The third kappa shape index (κ3) is 5.33. The van der Waals surface area contributed by atoms with Crippen molar-refractivity contribution >= 4 is 17.3 Å². The van der Waals surface area contributed by atoms with E-state index in [2.05, 4.69) is 13.8 Å². The Hall–Kier alpha value is -1.51. The van der Waals surface area contributed by atoms with E-state index in [1.807, 2.05) is 29.2 Å². The molecule has 1 rings (SSSR count). The predicted molar refractivity (Wildman–Crippen MR) is 82.3 cm³/mol. The van der Waals surface area contributed by atoms with Crippen LogP contribution >= 0.6 is 0 Å². The molecule has 19 heavy (non-hydrogen) atoms. The van der Waals surface area contributed by atoms with Crippen molar-refractivity contribution in [2.75, 3.05) is 17.2 Å². The zero-order chi connectivity index (χ0) is 14.1. The Balaban J connectivity index is 2.63. The van der Waals surface area contributed by atoms with Crippen molar-refractivity contribution < 1.29 is 4.79 Å². The van der Waals surface area contributed by atoms with Gasteiger partial charge in [0.05, 0.1) is 0 Å². The van der Waals surface area contributed by atoms with E-state index in [1.54, 1.807) is 0 Å². The van der Waals surface area contributed by atoms with Crippen molar-refractivity contribution in [3.05, 3.63) is 24.3 Å². The largest absolute Gasteiger partial charge is 0.399 e. The summed E-state index contributed by atoms with van der Waals surface area (Å²) in [4.78, 5) is 14.2. The van der Waals surface area contributed by atoms with Crippen LogP contribution in [0.3, 0.4) is 0 Å². The van der Waals surface area contributed by atoms with Crippen LogP contribution in [0.5, 0.6) is 0 Å². The number of nitrogens with zero attached hydrogens (tertiary/aromatic N) is 1. The molecular formula is C16H26N2O. The van der Waals surface area contributed by atoms with Crippen LogP contribution in [0, 0.1) is 0 Å². The smallest absolute Gasteiger partial charge is 0.226 e. The summed E-state index contributed by atoms with van der Waals surface area (Å²) in [7, 11) is 0. The van der Waals surface area contributed by atoms with Crippen LogP contribution in [0.2, 0.25) is 0 Å². The van der Waals surface area contributed by atoms with Gasteiger partial charge in [-0.2, -0.15) is 0 Å². The molecule has 2 N–H and O–H groups in total. The predicted octanol–water partition coefficient (Wildman–Crippen LogP) is 3.98. The zero-order valence-corrected chi connectivity index (χ0v) is 12.2. The molecule has 0 bridgehead atoms. The maximum absolute atomic E-state index is 12.3. The third-order valence-electron chi connectivity index (χ3n) is 3.17. The molecule has 0 aromatic heterocycles. The van der Waals surface area contributed by atoms with Gasteiger partial charge in [0.25, 0.3) is 0 Å². The van der Waals surface area contributed by atoms with Gasteiger partial charge in [0.1, 0.15) is 0 Å². The van der Waals surface area contributed by atoms with Gasteiger partial charge in [0, 0.05) is 24.3 Å². The summed E-state index contributed by atoms with van der Waals surface area (Å²) < 4.78 is 0. The average molecular weight is 262 g/mol. The molecule has 0 spiro atoms. The first-order valence-corrected chi connectivity index (χ1v) is 7.35. The number of hydrogen-bond acceptors (Lipinski definition) is 2. The first-order chi connectivity index (χ1) is 9.19. The van der Waals surface area contributed by atoms with Crippen LogP contribution in [0.15, 0.2) is 24.3 Å². The minimum atomic E-state index is 0.212. The number of carbonyl (C=O) groups excluding carboxylic acids is 1. The summed E-state index contributed by atoms with van der Waals surface area (Å²) in [6, 6.07) is 7.58. The second-order valence-electron chi connectivity index (χ2n) is 4.95. The van der Waals surface area contributed by atoms with Crippen molar-refractivity contribution in [3.8, 4) is 0 Å². The number of anilines is 2. The highest BCUT2D eigenvalue weighted by Crippen LogP contribution is 2.19. The molecule has 0 heterocycles. The zero-order valence-electron chi connectivity index (χ0n) is 12.2. The fraction of sp³-hybridized carbons (Fsp3) is 0.562. The van der Waals surface area contributed by atoms with Gasteiger partial charge in [-0.25, -0.2) is 0 Å². The molecule has 0 unspecified atom stereocenters. The number of rotatable bonds is 8. The van der Waals surface area contributed by atoms with E-state index >= 15 is 0 Å². The van der Waals surface area contributed by atoms with E-state index in [9.17, 15) is 4.79 Å². The van der Waals surface area contributed by atoms with Gasteiger partial charge in [-0.05, 0) is 31.0 Å². The monoisotopic (exact) mass is 262 g/mol. The molecule has 3 nitrogen and oxygen atoms in total. The summed E-state index contributed by atoms with van der Waals surface area (Å²) in [6.45, 7) is 5.03. The molecular weight excluding hydrogens is 236 g/mol. The Kier molecular flexibility index (Phi) is 7.01. The van der Waals surface area contributed by atoms with Gasteiger partial charge in [-0.1, -0.05) is 39.2 Å². The van der Waals surface area contributed by atoms with E-state index < -0.39 is 0 Å². The van der Waals surface area contributed by atoms with Crippen LogP contribution in [0.25, 0.3) is 0 Å². The summed E-state index contributed by atoms with van der Waals surface area (Å²) in [5, 5.41) is 0. The third-order valence-corrected chi connectivity index (χ3v) is 3.17. The minimum Gasteiger partial charge on any atom is -0.399 e. The van der Waals surface area contributed by atoms with Crippen LogP contribution in [0.4, 0.5) is 11.4 Å². The van der Waals surface area contributed by atoms with Gasteiger partial charge < -0.3 is 10.6 Å². The summed E-state index contributed by atoms with van der Waals surface area (Å²) >= 11 is 0. The molecule has 1 aromatic rings.